The molecule has 0 atom stereocenters. The Kier molecular flexibility index (Phi) is 3.23. The molecule has 1 heterocycles. The number of nitrogens with zero attached hydrogens (tertiary/aromatic N) is 2. The van der Waals surface area contributed by atoms with Gasteiger partial charge in [-0.05, 0) is 25.1 Å². The first-order valence-corrected chi connectivity index (χ1v) is 5.93. The molecule has 96 valence electrons. The maximum Gasteiger partial charge on any atom is 0.256 e. The van der Waals surface area contributed by atoms with Crippen LogP contribution in [-0.2, 0) is 4.79 Å². The Bertz CT molecular complexity index is 497. The van der Waals surface area contributed by atoms with Crippen LogP contribution in [0.5, 0.6) is 0 Å². The summed E-state index contributed by atoms with van der Waals surface area (Å²) in [5.74, 6) is -0.254. The predicted molar refractivity (Wildman–Crippen MR) is 71.0 cm³/mol. The third-order valence-corrected chi connectivity index (χ3v) is 3.03. The lowest BCUT2D eigenvalue weighted by Crippen LogP contribution is -2.34. The van der Waals surface area contributed by atoms with Crippen molar-refractivity contribution >= 4 is 23.2 Å². The van der Waals surface area contributed by atoms with E-state index in [1.807, 2.05) is 38.1 Å². The molecule has 0 saturated heterocycles. The van der Waals surface area contributed by atoms with E-state index in [1.165, 1.54) is 4.90 Å². The minimum Gasteiger partial charge on any atom is -0.378 e. The summed E-state index contributed by atoms with van der Waals surface area (Å²) in [6.07, 6.45) is 0. The van der Waals surface area contributed by atoms with Crippen molar-refractivity contribution in [1.29, 1.82) is 0 Å². The van der Waals surface area contributed by atoms with E-state index in [1.54, 1.807) is 6.07 Å². The summed E-state index contributed by atoms with van der Waals surface area (Å²) in [6.45, 7) is 2.51. The first-order valence-electron chi connectivity index (χ1n) is 5.93. The van der Waals surface area contributed by atoms with Gasteiger partial charge in [0, 0.05) is 26.3 Å². The molecule has 2 amide bonds. The van der Waals surface area contributed by atoms with Crippen LogP contribution >= 0.6 is 0 Å². The summed E-state index contributed by atoms with van der Waals surface area (Å²) >= 11 is 0. The number of likely N-dealkylation sites (N-methyl/N-ethyl adjacent to an activating group) is 1. The van der Waals surface area contributed by atoms with Crippen molar-refractivity contribution in [2.45, 2.75) is 6.92 Å². The molecule has 5 heteroatoms. The van der Waals surface area contributed by atoms with Crippen LogP contribution in [0.15, 0.2) is 18.2 Å². The number of rotatable bonds is 2. The molecular weight excluding hydrogens is 230 g/mol. The zero-order valence-corrected chi connectivity index (χ0v) is 10.9. The molecule has 1 N–H and O–H groups in total. The number of amides is 2. The van der Waals surface area contributed by atoms with Crippen molar-refractivity contribution < 1.29 is 9.59 Å². The van der Waals surface area contributed by atoms with Gasteiger partial charge in [-0.3, -0.25) is 9.59 Å². The highest BCUT2D eigenvalue weighted by Gasteiger charge is 2.25. The molecule has 0 aromatic heterocycles. The minimum atomic E-state index is -0.153. The molecule has 0 radical (unpaired) electrons. The lowest BCUT2D eigenvalue weighted by molar-refractivity contribution is -0.116. The third kappa shape index (κ3) is 2.16. The highest BCUT2D eigenvalue weighted by molar-refractivity contribution is 6.09. The number of carbonyl (C=O) groups excluding carboxylic acids is 2. The number of carbonyl (C=O) groups is 2. The van der Waals surface area contributed by atoms with Gasteiger partial charge in [0.2, 0.25) is 5.91 Å². The predicted octanol–water partition coefficient (Wildman–Crippen LogP) is 1.17. The minimum absolute atomic E-state index is 0.101. The van der Waals surface area contributed by atoms with Gasteiger partial charge in [0.1, 0.15) is 6.54 Å². The second-order valence-electron chi connectivity index (χ2n) is 4.49. The molecule has 1 aromatic rings. The lowest BCUT2D eigenvalue weighted by atomic mass is 10.1. The van der Waals surface area contributed by atoms with Crippen LogP contribution in [0.25, 0.3) is 0 Å². The van der Waals surface area contributed by atoms with Gasteiger partial charge in [-0.25, -0.2) is 0 Å². The van der Waals surface area contributed by atoms with Gasteiger partial charge in [-0.1, -0.05) is 0 Å². The fourth-order valence-electron chi connectivity index (χ4n) is 1.96. The average molecular weight is 247 g/mol. The summed E-state index contributed by atoms with van der Waals surface area (Å²) in [4.78, 5) is 27.4. The summed E-state index contributed by atoms with van der Waals surface area (Å²) < 4.78 is 0. The molecule has 0 fully saturated rings. The molecule has 1 aliphatic heterocycles. The van der Waals surface area contributed by atoms with Crippen LogP contribution in [0.2, 0.25) is 0 Å². The van der Waals surface area contributed by atoms with Crippen LogP contribution in [0.3, 0.4) is 0 Å². The zero-order chi connectivity index (χ0) is 13.3. The van der Waals surface area contributed by atoms with E-state index in [2.05, 4.69) is 5.32 Å². The maximum absolute atomic E-state index is 12.2. The third-order valence-electron chi connectivity index (χ3n) is 3.03. The van der Waals surface area contributed by atoms with Crippen LogP contribution < -0.4 is 10.2 Å². The van der Waals surface area contributed by atoms with E-state index in [9.17, 15) is 9.59 Å². The first kappa shape index (κ1) is 12.4. The SMILES string of the molecule is CCN1CC(=O)Nc2cc(N(C)C)ccc2C1=O. The Morgan fingerprint density at radius 1 is 1.33 bits per heavy atom. The topological polar surface area (TPSA) is 52.7 Å². The maximum atomic E-state index is 12.2. The molecule has 2 rings (SSSR count). The van der Waals surface area contributed by atoms with Crippen molar-refractivity contribution in [2.75, 3.05) is 37.4 Å². The highest BCUT2D eigenvalue weighted by Crippen LogP contribution is 2.25. The van der Waals surface area contributed by atoms with Crippen molar-refractivity contribution in [2.24, 2.45) is 0 Å². The van der Waals surface area contributed by atoms with Gasteiger partial charge in [-0.2, -0.15) is 0 Å². The Hall–Kier alpha value is -2.04. The lowest BCUT2D eigenvalue weighted by Gasteiger charge is -2.17. The number of fused-ring (bicyclic) bond motifs is 1. The van der Waals surface area contributed by atoms with Gasteiger partial charge < -0.3 is 15.1 Å². The van der Waals surface area contributed by atoms with Crippen molar-refractivity contribution in [3.05, 3.63) is 23.8 Å². The average Bonchev–Trinajstić information content (AvgIpc) is 2.45. The van der Waals surface area contributed by atoms with E-state index in [4.69, 9.17) is 0 Å². The fraction of sp³-hybridized carbons (Fsp3) is 0.385. The van der Waals surface area contributed by atoms with Crippen LogP contribution in [0.4, 0.5) is 11.4 Å². The summed E-state index contributed by atoms with van der Waals surface area (Å²) in [5, 5.41) is 2.78. The second kappa shape index (κ2) is 4.68. The molecule has 0 saturated carbocycles. The molecule has 5 nitrogen and oxygen atoms in total. The van der Waals surface area contributed by atoms with Crippen LogP contribution in [0.1, 0.15) is 17.3 Å². The van der Waals surface area contributed by atoms with Gasteiger partial charge in [0.05, 0.1) is 11.3 Å². The molecule has 0 bridgehead atoms. The number of hydrogen-bond donors (Lipinski definition) is 1. The quantitative estimate of drug-likeness (QED) is 0.853. The van der Waals surface area contributed by atoms with Crippen molar-refractivity contribution in [3.8, 4) is 0 Å². The molecule has 0 aliphatic carbocycles. The number of nitrogens with one attached hydrogen (secondary N) is 1. The smallest absolute Gasteiger partial charge is 0.256 e. The zero-order valence-electron chi connectivity index (χ0n) is 10.9. The molecule has 0 spiro atoms. The molecule has 18 heavy (non-hydrogen) atoms. The first-order chi connectivity index (χ1) is 8.52. The summed E-state index contributed by atoms with van der Waals surface area (Å²) in [7, 11) is 3.83. The van der Waals surface area contributed by atoms with Crippen LogP contribution in [0, 0.1) is 0 Å². The Labute approximate surface area is 106 Å². The molecule has 1 aromatic carbocycles. The summed E-state index contributed by atoms with van der Waals surface area (Å²) in [6, 6.07) is 5.47. The van der Waals surface area contributed by atoms with E-state index in [-0.39, 0.29) is 18.4 Å². The van der Waals surface area contributed by atoms with Gasteiger partial charge in [0.15, 0.2) is 0 Å². The van der Waals surface area contributed by atoms with E-state index < -0.39 is 0 Å². The number of benzene rings is 1. The van der Waals surface area contributed by atoms with Gasteiger partial charge in [-0.15, -0.1) is 0 Å². The Morgan fingerprint density at radius 3 is 2.67 bits per heavy atom. The number of anilines is 2. The second-order valence-corrected chi connectivity index (χ2v) is 4.49. The van der Waals surface area contributed by atoms with Gasteiger partial charge in [0.25, 0.3) is 5.91 Å². The normalized spacial score (nSPS) is 14.9. The van der Waals surface area contributed by atoms with E-state index in [0.717, 1.165) is 5.69 Å². The summed E-state index contributed by atoms with van der Waals surface area (Å²) in [5.41, 5.74) is 2.09. The van der Waals surface area contributed by atoms with Crippen LogP contribution in [-0.4, -0.2) is 43.9 Å². The van der Waals surface area contributed by atoms with E-state index in [0.29, 0.717) is 17.8 Å². The number of hydrogen-bond acceptors (Lipinski definition) is 3. The monoisotopic (exact) mass is 247 g/mol. The molecule has 0 unspecified atom stereocenters. The molecular formula is C13H17N3O2. The standard InChI is InChI=1S/C13H17N3O2/c1-4-16-8-12(17)14-11-7-9(15(2)3)5-6-10(11)13(16)18/h5-7H,4,8H2,1-3H3,(H,14,17). The molecule has 1 aliphatic rings. The van der Waals surface area contributed by atoms with Gasteiger partial charge >= 0.3 is 0 Å². The van der Waals surface area contributed by atoms with E-state index >= 15 is 0 Å². The fourth-order valence-corrected chi connectivity index (χ4v) is 1.96. The Morgan fingerprint density at radius 2 is 2.06 bits per heavy atom. The Balaban J connectivity index is 2.47. The van der Waals surface area contributed by atoms with Crippen molar-refractivity contribution in [3.63, 3.8) is 0 Å². The highest BCUT2D eigenvalue weighted by atomic mass is 16.2. The van der Waals surface area contributed by atoms with Crippen molar-refractivity contribution in [1.82, 2.24) is 4.90 Å². The largest absolute Gasteiger partial charge is 0.378 e.